The summed E-state index contributed by atoms with van der Waals surface area (Å²) in [6, 6.07) is 33.5. The first-order valence-corrected chi connectivity index (χ1v) is 11.1. The van der Waals surface area contributed by atoms with Gasteiger partial charge in [-0.2, -0.15) is 0 Å². The zero-order chi connectivity index (χ0) is 22.8. The lowest BCUT2D eigenvalue weighted by atomic mass is 9.92. The third-order valence-electron chi connectivity index (χ3n) is 5.85. The summed E-state index contributed by atoms with van der Waals surface area (Å²) in [5.74, 6) is 1.68. The van der Waals surface area contributed by atoms with Gasteiger partial charge in [-0.3, -0.25) is 0 Å². The molecule has 5 rings (SSSR count). The summed E-state index contributed by atoms with van der Waals surface area (Å²) >= 11 is 0. The van der Waals surface area contributed by atoms with E-state index in [-0.39, 0.29) is 0 Å². The molecule has 1 heterocycles. The quantitative estimate of drug-likeness (QED) is 0.307. The van der Waals surface area contributed by atoms with E-state index in [0.717, 1.165) is 50.4 Å². The first-order valence-electron chi connectivity index (χ1n) is 11.1. The van der Waals surface area contributed by atoms with Gasteiger partial charge in [0.2, 0.25) is 0 Å². The molecule has 0 aliphatic rings. The van der Waals surface area contributed by atoms with Crippen molar-refractivity contribution in [1.29, 1.82) is 0 Å². The Kier molecular flexibility index (Phi) is 5.54. The number of anilines is 2. The van der Waals surface area contributed by atoms with Crippen LogP contribution in [-0.2, 0) is 0 Å². The van der Waals surface area contributed by atoms with Crippen molar-refractivity contribution in [2.75, 3.05) is 12.4 Å². The third kappa shape index (κ3) is 4.18. The lowest BCUT2D eigenvalue weighted by molar-refractivity contribution is 0.415. The molecule has 33 heavy (non-hydrogen) atoms. The Bertz CT molecular complexity index is 1440. The number of methoxy groups -OCH3 is 1. The van der Waals surface area contributed by atoms with Gasteiger partial charge in [0.1, 0.15) is 11.6 Å². The first kappa shape index (κ1) is 20.8. The number of pyridine rings is 1. The Labute approximate surface area is 194 Å². The van der Waals surface area contributed by atoms with Crippen molar-refractivity contribution in [3.05, 3.63) is 108 Å². The molecule has 3 nitrogen and oxygen atoms in total. The molecule has 0 atom stereocenters. The molecule has 0 saturated carbocycles. The molecule has 4 aromatic carbocycles. The minimum atomic E-state index is 0.829. The van der Waals surface area contributed by atoms with Crippen molar-refractivity contribution in [3.63, 3.8) is 0 Å². The number of aromatic nitrogens is 1. The number of aryl methyl sites for hydroxylation is 2. The predicted molar refractivity (Wildman–Crippen MR) is 138 cm³/mol. The van der Waals surface area contributed by atoms with Gasteiger partial charge in [-0.25, -0.2) is 4.98 Å². The van der Waals surface area contributed by atoms with Crippen LogP contribution in [0.2, 0.25) is 0 Å². The lowest BCUT2D eigenvalue weighted by Gasteiger charge is -2.18. The summed E-state index contributed by atoms with van der Waals surface area (Å²) in [7, 11) is 1.70. The molecular formula is C30H26N2O. The van der Waals surface area contributed by atoms with Crippen molar-refractivity contribution < 1.29 is 4.74 Å². The van der Waals surface area contributed by atoms with Gasteiger partial charge in [0.05, 0.1) is 12.8 Å². The van der Waals surface area contributed by atoms with E-state index < -0.39 is 0 Å². The van der Waals surface area contributed by atoms with E-state index in [4.69, 9.17) is 9.72 Å². The number of rotatable bonds is 5. The highest BCUT2D eigenvalue weighted by atomic mass is 16.5. The zero-order valence-electron chi connectivity index (χ0n) is 19.1. The van der Waals surface area contributed by atoms with Crippen LogP contribution in [0.15, 0.2) is 97.1 Å². The summed E-state index contributed by atoms with van der Waals surface area (Å²) < 4.78 is 5.55. The van der Waals surface area contributed by atoms with Crippen LogP contribution in [0, 0.1) is 13.8 Å². The van der Waals surface area contributed by atoms with Gasteiger partial charge in [-0.05, 0) is 55.1 Å². The number of nitrogens with one attached hydrogen (secondary N) is 1. The number of hydrogen-bond donors (Lipinski definition) is 1. The summed E-state index contributed by atoms with van der Waals surface area (Å²) in [4.78, 5) is 5.22. The molecule has 3 heteroatoms. The fraction of sp³-hybridized carbons (Fsp3) is 0.100. The van der Waals surface area contributed by atoms with Crippen LogP contribution in [0.1, 0.15) is 11.1 Å². The van der Waals surface area contributed by atoms with Crippen LogP contribution in [0.25, 0.3) is 33.2 Å². The van der Waals surface area contributed by atoms with E-state index in [2.05, 4.69) is 85.9 Å². The molecule has 1 aromatic heterocycles. The Balaban J connectivity index is 1.85. The maximum Gasteiger partial charge on any atom is 0.139 e. The molecule has 0 amide bonds. The average Bonchev–Trinajstić information content (AvgIpc) is 2.84. The van der Waals surface area contributed by atoms with Crippen LogP contribution >= 0.6 is 0 Å². The second-order valence-corrected chi connectivity index (χ2v) is 8.33. The fourth-order valence-electron chi connectivity index (χ4n) is 4.25. The predicted octanol–water partition coefficient (Wildman–Crippen LogP) is 7.94. The molecule has 0 aliphatic heterocycles. The monoisotopic (exact) mass is 430 g/mol. The molecule has 0 radical (unpaired) electrons. The molecule has 0 unspecified atom stereocenters. The van der Waals surface area contributed by atoms with E-state index in [1.54, 1.807) is 7.11 Å². The SMILES string of the molecule is COc1cccc(-c2c(-c3cccc(C)c3)nc(Nc3ccccc3)c3ccc(C)cc23)c1. The normalized spacial score (nSPS) is 10.9. The fourth-order valence-corrected chi connectivity index (χ4v) is 4.25. The van der Waals surface area contributed by atoms with Gasteiger partial charge in [0.25, 0.3) is 0 Å². The van der Waals surface area contributed by atoms with Gasteiger partial charge in [-0.15, -0.1) is 0 Å². The molecule has 1 N–H and O–H groups in total. The second-order valence-electron chi connectivity index (χ2n) is 8.33. The lowest BCUT2D eigenvalue weighted by Crippen LogP contribution is -2.00. The first-order chi connectivity index (χ1) is 16.1. The van der Waals surface area contributed by atoms with Gasteiger partial charge >= 0.3 is 0 Å². The third-order valence-corrected chi connectivity index (χ3v) is 5.85. The van der Waals surface area contributed by atoms with E-state index in [1.807, 2.05) is 30.3 Å². The molecule has 0 spiro atoms. The van der Waals surface area contributed by atoms with E-state index in [1.165, 1.54) is 11.1 Å². The number of benzene rings is 4. The number of ether oxygens (including phenoxy) is 1. The van der Waals surface area contributed by atoms with Gasteiger partial charge in [-0.1, -0.05) is 77.9 Å². The van der Waals surface area contributed by atoms with Crippen molar-refractivity contribution in [3.8, 4) is 28.1 Å². The van der Waals surface area contributed by atoms with E-state index in [9.17, 15) is 0 Å². The van der Waals surface area contributed by atoms with Gasteiger partial charge in [0, 0.05) is 22.2 Å². The van der Waals surface area contributed by atoms with Crippen LogP contribution in [0.3, 0.4) is 0 Å². The van der Waals surface area contributed by atoms with Gasteiger partial charge in [0.15, 0.2) is 0 Å². The molecule has 5 aromatic rings. The number of hydrogen-bond acceptors (Lipinski definition) is 3. The highest BCUT2D eigenvalue weighted by molar-refractivity contribution is 6.08. The van der Waals surface area contributed by atoms with Crippen LogP contribution in [0.4, 0.5) is 11.5 Å². The van der Waals surface area contributed by atoms with Crippen LogP contribution < -0.4 is 10.1 Å². The summed E-state index contributed by atoms with van der Waals surface area (Å²) in [6.45, 7) is 4.24. The topological polar surface area (TPSA) is 34.1 Å². The zero-order valence-corrected chi connectivity index (χ0v) is 19.1. The number of nitrogens with zero attached hydrogens (tertiary/aromatic N) is 1. The minimum Gasteiger partial charge on any atom is -0.497 e. The Morgan fingerprint density at radius 3 is 2.21 bits per heavy atom. The van der Waals surface area contributed by atoms with Crippen molar-refractivity contribution in [1.82, 2.24) is 4.98 Å². The highest BCUT2D eigenvalue weighted by Crippen LogP contribution is 2.41. The molecule has 0 saturated heterocycles. The van der Waals surface area contributed by atoms with Crippen LogP contribution in [-0.4, -0.2) is 12.1 Å². The maximum atomic E-state index is 5.55. The van der Waals surface area contributed by atoms with E-state index >= 15 is 0 Å². The van der Waals surface area contributed by atoms with Crippen LogP contribution in [0.5, 0.6) is 5.75 Å². The van der Waals surface area contributed by atoms with Crippen molar-refractivity contribution in [2.24, 2.45) is 0 Å². The van der Waals surface area contributed by atoms with E-state index in [0.29, 0.717) is 0 Å². The molecule has 0 bridgehead atoms. The average molecular weight is 431 g/mol. The Morgan fingerprint density at radius 1 is 0.667 bits per heavy atom. The standard InChI is InChI=1S/C30H26N2O/c1-20-9-7-11-23(17-20)29-28(22-10-8-14-25(19-22)33-3)27-18-21(2)15-16-26(27)30(32-29)31-24-12-5-4-6-13-24/h4-19H,1-3H3,(H,31,32). The molecule has 162 valence electrons. The summed E-state index contributed by atoms with van der Waals surface area (Å²) in [5, 5.41) is 5.80. The Hall–Kier alpha value is -4.11. The van der Waals surface area contributed by atoms with Crippen molar-refractivity contribution in [2.45, 2.75) is 13.8 Å². The highest BCUT2D eigenvalue weighted by Gasteiger charge is 2.18. The molecule has 0 fully saturated rings. The summed E-state index contributed by atoms with van der Waals surface area (Å²) in [6.07, 6.45) is 0. The molecular weight excluding hydrogens is 404 g/mol. The minimum absolute atomic E-state index is 0.829. The smallest absolute Gasteiger partial charge is 0.139 e. The summed E-state index contributed by atoms with van der Waals surface area (Å²) in [5.41, 5.74) is 7.65. The van der Waals surface area contributed by atoms with Gasteiger partial charge < -0.3 is 10.1 Å². The maximum absolute atomic E-state index is 5.55. The second kappa shape index (κ2) is 8.79. The Morgan fingerprint density at radius 2 is 1.42 bits per heavy atom. The number of para-hydroxylation sites is 1. The largest absolute Gasteiger partial charge is 0.497 e. The molecule has 0 aliphatic carbocycles. The number of fused-ring (bicyclic) bond motifs is 1. The van der Waals surface area contributed by atoms with Crippen molar-refractivity contribution >= 4 is 22.3 Å².